The Bertz CT molecular complexity index is 1400. The molecule has 0 aromatic carbocycles. The highest BCUT2D eigenvalue weighted by Gasteiger charge is 2.19. The fourth-order valence-corrected chi connectivity index (χ4v) is 5.83. The molecule has 0 aliphatic heterocycles. The van der Waals surface area contributed by atoms with Gasteiger partial charge in [0.2, 0.25) is 0 Å². The maximum absolute atomic E-state index is 12.7. The first-order chi connectivity index (χ1) is 30.5. The number of allylic oxidation sites excluding steroid dienone is 22. The Labute approximate surface area is 379 Å². The van der Waals surface area contributed by atoms with Crippen molar-refractivity contribution >= 4 is 17.9 Å². The monoisotopic (exact) mass is 855 g/mol. The number of unbranched alkanes of at least 4 members (excludes halogenated alkanes) is 8. The van der Waals surface area contributed by atoms with Gasteiger partial charge in [0, 0.05) is 19.3 Å². The first kappa shape index (κ1) is 57.5. The quantitative estimate of drug-likeness (QED) is 0.0264. The predicted octanol–water partition coefficient (Wildman–Crippen LogP) is 15.9. The molecule has 0 aliphatic rings. The van der Waals surface area contributed by atoms with E-state index in [1.54, 1.807) is 0 Å². The van der Waals surface area contributed by atoms with E-state index in [9.17, 15) is 14.4 Å². The number of rotatable bonds is 41. The van der Waals surface area contributed by atoms with Gasteiger partial charge < -0.3 is 14.2 Å². The highest BCUT2D eigenvalue weighted by Crippen LogP contribution is 2.10. The minimum atomic E-state index is -0.824. The number of hydrogen-bond donors (Lipinski definition) is 0. The normalized spacial score (nSPS) is 13.3. The maximum atomic E-state index is 12.7. The topological polar surface area (TPSA) is 78.9 Å². The average molecular weight is 855 g/mol. The van der Waals surface area contributed by atoms with Crippen LogP contribution in [0.5, 0.6) is 0 Å². The van der Waals surface area contributed by atoms with Crippen LogP contribution in [0.1, 0.15) is 181 Å². The smallest absolute Gasteiger partial charge is 0.306 e. The van der Waals surface area contributed by atoms with Crippen molar-refractivity contribution in [2.45, 2.75) is 187 Å². The molecule has 0 saturated carbocycles. The van der Waals surface area contributed by atoms with Crippen LogP contribution in [0.3, 0.4) is 0 Å². The van der Waals surface area contributed by atoms with Crippen LogP contribution in [0.4, 0.5) is 0 Å². The van der Waals surface area contributed by atoms with Crippen LogP contribution in [-0.2, 0) is 28.6 Å². The zero-order chi connectivity index (χ0) is 45.1. The molecule has 1 atom stereocenters. The number of carbonyl (C=O) groups excluding carboxylic acids is 3. The van der Waals surface area contributed by atoms with Gasteiger partial charge in [0.05, 0.1) is 0 Å². The Kier molecular flexibility index (Phi) is 45.7. The van der Waals surface area contributed by atoms with Crippen molar-refractivity contribution in [1.82, 2.24) is 0 Å². The minimum absolute atomic E-state index is 0.118. The van der Waals surface area contributed by atoms with Gasteiger partial charge in [-0.15, -0.1) is 0 Å². The Morgan fingerprint density at radius 3 is 1.05 bits per heavy atom. The third-order valence-corrected chi connectivity index (χ3v) is 9.40. The van der Waals surface area contributed by atoms with Gasteiger partial charge in [-0.05, 0) is 109 Å². The van der Waals surface area contributed by atoms with Gasteiger partial charge in [0.25, 0.3) is 0 Å². The summed E-state index contributed by atoms with van der Waals surface area (Å²) in [6.07, 6.45) is 69.0. The number of ether oxygens (including phenoxy) is 3. The summed E-state index contributed by atoms with van der Waals surface area (Å²) in [5, 5.41) is 0. The maximum Gasteiger partial charge on any atom is 0.306 e. The Balaban J connectivity index is 4.42. The van der Waals surface area contributed by atoms with E-state index in [-0.39, 0.29) is 44.0 Å². The highest BCUT2D eigenvalue weighted by atomic mass is 16.6. The van der Waals surface area contributed by atoms with E-state index in [4.69, 9.17) is 14.2 Å². The summed E-state index contributed by atoms with van der Waals surface area (Å²) in [5.74, 6) is -1.05. The van der Waals surface area contributed by atoms with E-state index < -0.39 is 6.10 Å². The molecule has 6 heteroatoms. The van der Waals surface area contributed by atoms with Crippen molar-refractivity contribution in [2.24, 2.45) is 0 Å². The van der Waals surface area contributed by atoms with Crippen molar-refractivity contribution in [3.63, 3.8) is 0 Å². The molecule has 0 rings (SSSR count). The van der Waals surface area contributed by atoms with Crippen molar-refractivity contribution in [1.29, 1.82) is 0 Å². The van der Waals surface area contributed by atoms with E-state index in [0.717, 1.165) is 109 Å². The van der Waals surface area contributed by atoms with Crippen LogP contribution in [0.25, 0.3) is 0 Å². The summed E-state index contributed by atoms with van der Waals surface area (Å²) in [5.41, 5.74) is 0. The molecule has 0 aromatic rings. The van der Waals surface area contributed by atoms with Gasteiger partial charge >= 0.3 is 17.9 Å². The first-order valence-corrected chi connectivity index (χ1v) is 24.2. The predicted molar refractivity (Wildman–Crippen MR) is 265 cm³/mol. The fraction of sp³-hybridized carbons (Fsp3) is 0.554. The average Bonchev–Trinajstić information content (AvgIpc) is 3.27. The largest absolute Gasteiger partial charge is 0.462 e. The van der Waals surface area contributed by atoms with E-state index in [0.29, 0.717) is 19.3 Å². The zero-order valence-corrected chi connectivity index (χ0v) is 39.3. The lowest BCUT2D eigenvalue weighted by Gasteiger charge is -2.18. The van der Waals surface area contributed by atoms with E-state index >= 15 is 0 Å². The molecule has 62 heavy (non-hydrogen) atoms. The Morgan fingerprint density at radius 1 is 0.339 bits per heavy atom. The van der Waals surface area contributed by atoms with Crippen molar-refractivity contribution in [3.8, 4) is 0 Å². The molecule has 0 fully saturated rings. The summed E-state index contributed by atoms with van der Waals surface area (Å²) in [6, 6.07) is 0. The molecule has 1 unspecified atom stereocenters. The molecule has 0 aromatic heterocycles. The Morgan fingerprint density at radius 2 is 0.645 bits per heavy atom. The SMILES string of the molecule is CC/C=C\C/C=C\C/C=C\C/C=C\C/C=C\C/C=C\C/C=C\CCCC(=O)OCC(COC(=O)CCCCCCCC)OC(=O)CCCC/C=C\C/C=C\C/C=C\C/C=C\CC. The summed E-state index contributed by atoms with van der Waals surface area (Å²) in [7, 11) is 0. The van der Waals surface area contributed by atoms with Gasteiger partial charge in [-0.3, -0.25) is 14.4 Å². The summed E-state index contributed by atoms with van der Waals surface area (Å²) >= 11 is 0. The molecule has 0 saturated heterocycles. The molecule has 0 N–H and O–H groups in total. The molecule has 346 valence electrons. The molecule has 0 radical (unpaired) electrons. The van der Waals surface area contributed by atoms with Crippen molar-refractivity contribution in [2.75, 3.05) is 13.2 Å². The van der Waals surface area contributed by atoms with E-state index in [2.05, 4.69) is 154 Å². The van der Waals surface area contributed by atoms with Crippen LogP contribution in [-0.4, -0.2) is 37.2 Å². The molecule has 6 nitrogen and oxygen atoms in total. The first-order valence-electron chi connectivity index (χ1n) is 24.2. The van der Waals surface area contributed by atoms with Crippen LogP contribution in [0.15, 0.2) is 134 Å². The lowest BCUT2D eigenvalue weighted by Crippen LogP contribution is -2.30. The van der Waals surface area contributed by atoms with Crippen LogP contribution in [0.2, 0.25) is 0 Å². The van der Waals surface area contributed by atoms with Gasteiger partial charge in [-0.1, -0.05) is 187 Å². The third kappa shape index (κ3) is 46.6. The highest BCUT2D eigenvalue weighted by molar-refractivity contribution is 5.71. The second kappa shape index (κ2) is 49.2. The number of esters is 3. The number of hydrogen-bond acceptors (Lipinski definition) is 6. The lowest BCUT2D eigenvalue weighted by molar-refractivity contribution is -0.167. The molecule has 0 amide bonds. The van der Waals surface area contributed by atoms with Gasteiger partial charge in [0.1, 0.15) is 13.2 Å². The van der Waals surface area contributed by atoms with Crippen LogP contribution >= 0.6 is 0 Å². The summed E-state index contributed by atoms with van der Waals surface area (Å²) in [6.45, 7) is 6.22. The molecule has 0 bridgehead atoms. The third-order valence-electron chi connectivity index (χ3n) is 9.40. The second-order valence-corrected chi connectivity index (χ2v) is 15.3. The summed E-state index contributed by atoms with van der Waals surface area (Å²) in [4.78, 5) is 37.6. The molecule has 0 spiro atoms. The van der Waals surface area contributed by atoms with E-state index in [1.807, 2.05) is 0 Å². The van der Waals surface area contributed by atoms with Gasteiger partial charge in [-0.25, -0.2) is 0 Å². The number of carbonyl (C=O) groups is 3. The van der Waals surface area contributed by atoms with Crippen molar-refractivity contribution in [3.05, 3.63) is 134 Å². The molecule has 0 aliphatic carbocycles. The Hall–Kier alpha value is -4.45. The summed E-state index contributed by atoms with van der Waals surface area (Å²) < 4.78 is 16.6. The molecule has 0 heterocycles. The second-order valence-electron chi connectivity index (χ2n) is 15.3. The van der Waals surface area contributed by atoms with Crippen molar-refractivity contribution < 1.29 is 28.6 Å². The van der Waals surface area contributed by atoms with Crippen LogP contribution < -0.4 is 0 Å². The lowest BCUT2D eigenvalue weighted by atomic mass is 10.1. The van der Waals surface area contributed by atoms with E-state index in [1.165, 1.54) is 19.3 Å². The van der Waals surface area contributed by atoms with Crippen LogP contribution in [0, 0.1) is 0 Å². The van der Waals surface area contributed by atoms with Gasteiger partial charge in [0.15, 0.2) is 6.10 Å². The minimum Gasteiger partial charge on any atom is -0.462 e. The molecular weight excluding hydrogens is 769 g/mol. The standard InChI is InChI=1S/C56H86O6/c1-4-7-10-13-16-18-20-22-24-25-26-27-28-29-30-31-33-34-36-38-40-43-46-49-55(58)61-52-53(51-60-54(57)48-45-42-15-12-9-6-3)62-56(59)50-47-44-41-39-37-35-32-23-21-19-17-14-11-8-5-2/h7-8,10-11,16-19,22-24,26-27,29-30,32-34,37-40,53H,4-6,9,12-15,20-21,25,28,31,35-36,41-52H2,1-3H3/b10-7-,11-8-,18-16-,19-17-,24-22-,27-26-,30-29-,32-23-,34-33-,39-37-,40-38-. The molecular formula is C56H86O6. The fourth-order valence-electron chi connectivity index (χ4n) is 5.83. The van der Waals surface area contributed by atoms with Gasteiger partial charge in [-0.2, -0.15) is 0 Å². The zero-order valence-electron chi connectivity index (χ0n) is 39.3.